The molecule has 1 aliphatic carbocycles. The molecule has 0 atom stereocenters. The summed E-state index contributed by atoms with van der Waals surface area (Å²) < 4.78 is 0. The molecule has 3 heteroatoms. The van der Waals surface area contributed by atoms with E-state index in [-0.39, 0.29) is 6.03 Å². The van der Waals surface area contributed by atoms with Gasteiger partial charge in [-0.15, -0.1) is 0 Å². The Balaban J connectivity index is 1.79. The van der Waals surface area contributed by atoms with Crippen LogP contribution in [-0.2, 0) is 0 Å². The molecule has 2 rings (SSSR count). The highest BCUT2D eigenvalue weighted by Crippen LogP contribution is 2.23. The molecular weight excluding hydrogens is 236 g/mol. The normalized spacial score (nSPS) is 31.9. The van der Waals surface area contributed by atoms with Gasteiger partial charge in [-0.2, -0.15) is 0 Å². The smallest absolute Gasteiger partial charge is 0.317 e. The van der Waals surface area contributed by atoms with Crippen LogP contribution in [-0.4, -0.2) is 30.1 Å². The Morgan fingerprint density at radius 3 is 2.74 bits per heavy atom. The van der Waals surface area contributed by atoms with Crippen molar-refractivity contribution in [3.8, 4) is 0 Å². The third-order valence-electron chi connectivity index (χ3n) is 4.52. The summed E-state index contributed by atoms with van der Waals surface area (Å²) in [5.41, 5.74) is 1.47. The zero-order valence-electron chi connectivity index (χ0n) is 12.5. The molecule has 0 saturated heterocycles. The van der Waals surface area contributed by atoms with Crippen molar-refractivity contribution in [2.24, 2.45) is 5.92 Å². The quantitative estimate of drug-likeness (QED) is 0.719. The molecule has 1 aliphatic heterocycles. The van der Waals surface area contributed by atoms with E-state index in [1.165, 1.54) is 18.4 Å². The molecule has 1 heterocycles. The lowest BCUT2D eigenvalue weighted by atomic mass is 9.87. The van der Waals surface area contributed by atoms with Crippen LogP contribution in [0.3, 0.4) is 0 Å². The molecule has 0 aromatic carbocycles. The number of nitrogens with one attached hydrogen (secondary N) is 1. The van der Waals surface area contributed by atoms with Crippen LogP contribution in [0.15, 0.2) is 11.6 Å². The Hall–Kier alpha value is -0.990. The average Bonchev–Trinajstić information content (AvgIpc) is 2.36. The second kappa shape index (κ2) is 6.97. The number of carbonyl (C=O) groups is 1. The summed E-state index contributed by atoms with van der Waals surface area (Å²) in [6.45, 7) is 6.27. The fraction of sp³-hybridized carbons (Fsp3) is 0.812. The SMILES string of the molecule is C/C1=C\CCN(C(=O)NC2CCC(C)CC2)CCC1. The molecule has 0 bridgehead atoms. The summed E-state index contributed by atoms with van der Waals surface area (Å²) in [5, 5.41) is 3.23. The minimum absolute atomic E-state index is 0.160. The summed E-state index contributed by atoms with van der Waals surface area (Å²) in [6, 6.07) is 0.568. The summed E-state index contributed by atoms with van der Waals surface area (Å²) in [7, 11) is 0. The predicted molar refractivity (Wildman–Crippen MR) is 79.1 cm³/mol. The number of hydrogen-bond donors (Lipinski definition) is 1. The van der Waals surface area contributed by atoms with Crippen LogP contribution >= 0.6 is 0 Å². The maximum Gasteiger partial charge on any atom is 0.317 e. The fourth-order valence-corrected chi connectivity index (χ4v) is 3.10. The van der Waals surface area contributed by atoms with E-state index >= 15 is 0 Å². The lowest BCUT2D eigenvalue weighted by Gasteiger charge is -2.30. The van der Waals surface area contributed by atoms with Crippen molar-refractivity contribution in [3.05, 3.63) is 11.6 Å². The van der Waals surface area contributed by atoms with E-state index in [4.69, 9.17) is 0 Å². The third kappa shape index (κ3) is 4.55. The van der Waals surface area contributed by atoms with Gasteiger partial charge in [-0.1, -0.05) is 18.6 Å². The van der Waals surface area contributed by atoms with Gasteiger partial charge in [-0.3, -0.25) is 0 Å². The highest BCUT2D eigenvalue weighted by molar-refractivity contribution is 5.74. The van der Waals surface area contributed by atoms with Crippen LogP contribution in [0, 0.1) is 5.92 Å². The van der Waals surface area contributed by atoms with E-state index in [2.05, 4.69) is 25.2 Å². The molecule has 0 spiro atoms. The van der Waals surface area contributed by atoms with Crippen LogP contribution in [0.4, 0.5) is 4.79 Å². The summed E-state index contributed by atoms with van der Waals surface area (Å²) >= 11 is 0. The molecule has 2 aliphatic rings. The second-order valence-corrected chi connectivity index (χ2v) is 6.34. The molecular formula is C16H28N2O. The largest absolute Gasteiger partial charge is 0.335 e. The van der Waals surface area contributed by atoms with E-state index in [0.29, 0.717) is 6.04 Å². The van der Waals surface area contributed by atoms with Crippen molar-refractivity contribution in [1.29, 1.82) is 0 Å². The zero-order valence-corrected chi connectivity index (χ0v) is 12.5. The Bertz CT molecular complexity index is 330. The molecule has 0 unspecified atom stereocenters. The maximum absolute atomic E-state index is 12.3. The van der Waals surface area contributed by atoms with E-state index in [1.807, 2.05) is 4.90 Å². The van der Waals surface area contributed by atoms with Crippen LogP contribution < -0.4 is 5.32 Å². The number of nitrogens with zero attached hydrogens (tertiary/aromatic N) is 1. The number of allylic oxidation sites excluding steroid dienone is 1. The van der Waals surface area contributed by atoms with Gasteiger partial charge in [0.05, 0.1) is 0 Å². The van der Waals surface area contributed by atoms with Gasteiger partial charge in [-0.05, 0) is 57.8 Å². The lowest BCUT2D eigenvalue weighted by Crippen LogP contribution is -2.46. The van der Waals surface area contributed by atoms with Crippen molar-refractivity contribution in [3.63, 3.8) is 0 Å². The zero-order chi connectivity index (χ0) is 13.7. The highest BCUT2D eigenvalue weighted by atomic mass is 16.2. The van der Waals surface area contributed by atoms with Gasteiger partial charge < -0.3 is 10.2 Å². The van der Waals surface area contributed by atoms with Gasteiger partial charge in [0.1, 0.15) is 0 Å². The number of rotatable bonds is 1. The van der Waals surface area contributed by atoms with Crippen LogP contribution in [0.1, 0.15) is 58.8 Å². The predicted octanol–water partition coefficient (Wildman–Crippen LogP) is 3.71. The van der Waals surface area contributed by atoms with Crippen molar-refractivity contribution < 1.29 is 4.79 Å². The van der Waals surface area contributed by atoms with E-state index in [0.717, 1.165) is 51.1 Å². The van der Waals surface area contributed by atoms with Gasteiger partial charge in [0.25, 0.3) is 0 Å². The monoisotopic (exact) mass is 264 g/mol. The first-order valence-electron chi connectivity index (χ1n) is 7.86. The second-order valence-electron chi connectivity index (χ2n) is 6.34. The first-order valence-corrected chi connectivity index (χ1v) is 7.86. The Morgan fingerprint density at radius 2 is 2.00 bits per heavy atom. The van der Waals surface area contributed by atoms with Crippen LogP contribution in [0.2, 0.25) is 0 Å². The molecule has 2 amide bonds. The summed E-state index contributed by atoms with van der Waals surface area (Å²) in [6.07, 6.45) is 10.3. The Labute approximate surface area is 117 Å². The number of carbonyl (C=O) groups excluding carboxylic acids is 1. The molecule has 3 nitrogen and oxygen atoms in total. The van der Waals surface area contributed by atoms with E-state index in [1.54, 1.807) is 0 Å². The number of hydrogen-bond acceptors (Lipinski definition) is 1. The molecule has 0 aromatic rings. The fourth-order valence-electron chi connectivity index (χ4n) is 3.10. The Kier molecular flexibility index (Phi) is 5.29. The van der Waals surface area contributed by atoms with Crippen molar-refractivity contribution in [1.82, 2.24) is 10.2 Å². The lowest BCUT2D eigenvalue weighted by molar-refractivity contribution is 0.187. The standard InChI is InChI=1S/C16H28N2O/c1-13-5-3-11-18(12-4-6-13)16(19)17-15-9-7-14(2)8-10-15/h5,14-15H,3-4,6-12H2,1-2H3,(H,17,19)/b13-5+. The summed E-state index contributed by atoms with van der Waals surface area (Å²) in [5.74, 6) is 0.836. The van der Waals surface area contributed by atoms with Crippen molar-refractivity contribution in [2.45, 2.75) is 64.8 Å². The average molecular weight is 264 g/mol. The van der Waals surface area contributed by atoms with Crippen molar-refractivity contribution >= 4 is 6.03 Å². The van der Waals surface area contributed by atoms with Crippen molar-refractivity contribution in [2.75, 3.05) is 13.1 Å². The summed E-state index contributed by atoms with van der Waals surface area (Å²) in [4.78, 5) is 14.3. The maximum atomic E-state index is 12.3. The number of urea groups is 1. The molecule has 1 saturated carbocycles. The molecule has 0 aromatic heterocycles. The first kappa shape index (κ1) is 14.4. The van der Waals surface area contributed by atoms with Crippen LogP contribution in [0.25, 0.3) is 0 Å². The molecule has 1 fully saturated rings. The van der Waals surface area contributed by atoms with Gasteiger partial charge >= 0.3 is 6.03 Å². The van der Waals surface area contributed by atoms with E-state index < -0.39 is 0 Å². The van der Waals surface area contributed by atoms with Gasteiger partial charge in [-0.25, -0.2) is 4.79 Å². The molecule has 108 valence electrons. The molecule has 0 radical (unpaired) electrons. The molecule has 1 N–H and O–H groups in total. The molecule has 19 heavy (non-hydrogen) atoms. The third-order valence-corrected chi connectivity index (χ3v) is 4.52. The van der Waals surface area contributed by atoms with Gasteiger partial charge in [0, 0.05) is 19.1 Å². The van der Waals surface area contributed by atoms with Gasteiger partial charge in [0.15, 0.2) is 0 Å². The van der Waals surface area contributed by atoms with E-state index in [9.17, 15) is 4.79 Å². The highest BCUT2D eigenvalue weighted by Gasteiger charge is 2.22. The Morgan fingerprint density at radius 1 is 1.26 bits per heavy atom. The van der Waals surface area contributed by atoms with Gasteiger partial charge in [0.2, 0.25) is 0 Å². The number of amides is 2. The minimum Gasteiger partial charge on any atom is -0.335 e. The minimum atomic E-state index is 0.160. The first-order chi connectivity index (χ1) is 9.15. The van der Waals surface area contributed by atoms with Crippen LogP contribution in [0.5, 0.6) is 0 Å². The topological polar surface area (TPSA) is 32.3 Å².